The molecule has 0 saturated carbocycles. The van der Waals surface area contributed by atoms with Gasteiger partial charge in [-0.05, 0) is 29.8 Å². The van der Waals surface area contributed by atoms with Gasteiger partial charge in [0, 0.05) is 22.7 Å². The molecular formula is C13H10ClF3N2S. The zero-order valence-corrected chi connectivity index (χ0v) is 11.7. The predicted molar refractivity (Wildman–Crippen MR) is 74.7 cm³/mol. The fourth-order valence-electron chi connectivity index (χ4n) is 1.47. The minimum absolute atomic E-state index is 0.505. The number of nitrogen functional groups attached to an aromatic ring is 1. The molecule has 0 aliphatic rings. The molecule has 0 atom stereocenters. The molecule has 2 nitrogen and oxygen atoms in total. The number of rotatable bonds is 3. The van der Waals surface area contributed by atoms with Gasteiger partial charge in [0.15, 0.2) is 0 Å². The lowest BCUT2D eigenvalue weighted by Gasteiger charge is -2.07. The lowest BCUT2D eigenvalue weighted by atomic mass is 10.2. The van der Waals surface area contributed by atoms with E-state index in [9.17, 15) is 13.2 Å². The molecule has 1 aromatic heterocycles. The Labute approximate surface area is 123 Å². The Morgan fingerprint density at radius 3 is 2.50 bits per heavy atom. The minimum atomic E-state index is -4.36. The molecule has 1 aromatic carbocycles. The van der Waals surface area contributed by atoms with E-state index in [-0.39, 0.29) is 0 Å². The van der Waals surface area contributed by atoms with Gasteiger partial charge in [-0.2, -0.15) is 13.2 Å². The van der Waals surface area contributed by atoms with Crippen LogP contribution >= 0.6 is 23.4 Å². The van der Waals surface area contributed by atoms with Crippen LogP contribution in [0.15, 0.2) is 41.6 Å². The van der Waals surface area contributed by atoms with Crippen LogP contribution in [0.1, 0.15) is 11.1 Å². The molecule has 2 rings (SSSR count). The van der Waals surface area contributed by atoms with Gasteiger partial charge in [0.25, 0.3) is 0 Å². The van der Waals surface area contributed by atoms with Crippen LogP contribution in [0.25, 0.3) is 0 Å². The van der Waals surface area contributed by atoms with Crippen molar-refractivity contribution in [3.8, 4) is 0 Å². The molecule has 7 heteroatoms. The molecule has 0 bridgehead atoms. The molecule has 0 spiro atoms. The Bertz CT molecular complexity index is 600. The molecule has 0 fully saturated rings. The van der Waals surface area contributed by atoms with Crippen molar-refractivity contribution in [3.63, 3.8) is 0 Å². The van der Waals surface area contributed by atoms with Crippen LogP contribution < -0.4 is 5.73 Å². The number of thioether (sulfide) groups is 1. The predicted octanol–water partition coefficient (Wildman–Crippen LogP) is 4.63. The lowest BCUT2D eigenvalue weighted by Crippen LogP contribution is -2.05. The van der Waals surface area contributed by atoms with E-state index in [4.69, 9.17) is 17.3 Å². The number of pyridine rings is 1. The van der Waals surface area contributed by atoms with Crippen molar-refractivity contribution >= 4 is 29.1 Å². The van der Waals surface area contributed by atoms with Crippen molar-refractivity contribution in [3.05, 3.63) is 52.7 Å². The summed E-state index contributed by atoms with van der Waals surface area (Å²) in [5.41, 5.74) is 6.25. The molecule has 1 heterocycles. The van der Waals surface area contributed by atoms with Gasteiger partial charge in [0.1, 0.15) is 0 Å². The van der Waals surface area contributed by atoms with E-state index in [0.717, 1.165) is 17.8 Å². The molecule has 0 aliphatic carbocycles. The number of nitrogens with two attached hydrogens (primary N) is 1. The van der Waals surface area contributed by atoms with Crippen molar-refractivity contribution in [2.45, 2.75) is 17.0 Å². The second kappa shape index (κ2) is 5.93. The molecule has 0 radical (unpaired) electrons. The third-order valence-corrected chi connectivity index (χ3v) is 3.86. The number of nitrogens with zero attached hydrogens (tertiary/aromatic N) is 1. The fourth-order valence-corrected chi connectivity index (χ4v) is 2.65. The summed E-state index contributed by atoms with van der Waals surface area (Å²) in [6, 6.07) is 7.51. The van der Waals surface area contributed by atoms with Crippen LogP contribution in [-0.2, 0) is 11.9 Å². The highest BCUT2D eigenvalue weighted by atomic mass is 35.5. The summed E-state index contributed by atoms with van der Waals surface area (Å²) in [7, 11) is 0. The summed E-state index contributed by atoms with van der Waals surface area (Å²) in [5.74, 6) is 0.511. The van der Waals surface area contributed by atoms with E-state index in [1.807, 2.05) is 0 Å². The average Bonchev–Trinajstić information content (AvgIpc) is 2.37. The normalized spacial score (nSPS) is 11.6. The van der Waals surface area contributed by atoms with Crippen LogP contribution in [-0.4, -0.2) is 4.98 Å². The maximum atomic E-state index is 12.4. The van der Waals surface area contributed by atoms with E-state index in [1.54, 1.807) is 18.2 Å². The van der Waals surface area contributed by atoms with Gasteiger partial charge in [-0.1, -0.05) is 17.7 Å². The molecule has 20 heavy (non-hydrogen) atoms. The first-order chi connectivity index (χ1) is 9.36. The van der Waals surface area contributed by atoms with Crippen molar-refractivity contribution in [2.24, 2.45) is 0 Å². The summed E-state index contributed by atoms with van der Waals surface area (Å²) in [6.45, 7) is 0. The summed E-state index contributed by atoms with van der Waals surface area (Å²) < 4.78 is 37.2. The van der Waals surface area contributed by atoms with Gasteiger partial charge in [0.2, 0.25) is 0 Å². The van der Waals surface area contributed by atoms with Crippen molar-refractivity contribution in [1.29, 1.82) is 0 Å². The van der Waals surface area contributed by atoms with E-state index in [0.29, 0.717) is 21.5 Å². The first-order valence-corrected chi connectivity index (χ1v) is 6.92. The van der Waals surface area contributed by atoms with Crippen LogP contribution in [0, 0.1) is 0 Å². The fraction of sp³-hybridized carbons (Fsp3) is 0.154. The lowest BCUT2D eigenvalue weighted by molar-refractivity contribution is -0.137. The smallest absolute Gasteiger partial charge is 0.399 e. The highest BCUT2D eigenvalue weighted by molar-refractivity contribution is 7.98. The summed E-state index contributed by atoms with van der Waals surface area (Å²) >= 11 is 7.33. The molecule has 0 amide bonds. The van der Waals surface area contributed by atoms with Crippen molar-refractivity contribution in [1.82, 2.24) is 4.98 Å². The van der Waals surface area contributed by atoms with Gasteiger partial charge < -0.3 is 5.73 Å². The van der Waals surface area contributed by atoms with Gasteiger partial charge >= 0.3 is 6.18 Å². The topological polar surface area (TPSA) is 38.9 Å². The molecule has 2 aromatic rings. The number of hydrogen-bond donors (Lipinski definition) is 1. The minimum Gasteiger partial charge on any atom is -0.399 e. The number of benzene rings is 1. The second-order valence-electron chi connectivity index (χ2n) is 4.02. The highest BCUT2D eigenvalue weighted by Gasteiger charge is 2.30. The summed E-state index contributed by atoms with van der Waals surface area (Å²) in [6.07, 6.45) is -3.54. The molecule has 0 unspecified atom stereocenters. The summed E-state index contributed by atoms with van der Waals surface area (Å²) in [5, 5.41) is 1.04. The third-order valence-electron chi connectivity index (χ3n) is 2.52. The van der Waals surface area contributed by atoms with Crippen LogP contribution in [0.5, 0.6) is 0 Å². The van der Waals surface area contributed by atoms with Crippen LogP contribution in [0.3, 0.4) is 0 Å². The Kier molecular flexibility index (Phi) is 4.45. The molecular weight excluding hydrogens is 309 g/mol. The monoisotopic (exact) mass is 318 g/mol. The van der Waals surface area contributed by atoms with Gasteiger partial charge in [-0.3, -0.25) is 0 Å². The quantitative estimate of drug-likeness (QED) is 0.662. The molecule has 0 aliphatic heterocycles. The van der Waals surface area contributed by atoms with E-state index in [2.05, 4.69) is 4.98 Å². The SMILES string of the molecule is Nc1ccc(CSc2ccc(C(F)(F)F)cn2)c(Cl)c1. The maximum absolute atomic E-state index is 12.4. The van der Waals surface area contributed by atoms with Crippen molar-refractivity contribution < 1.29 is 13.2 Å². The van der Waals surface area contributed by atoms with Crippen LogP contribution in [0.4, 0.5) is 18.9 Å². The Hall–Kier alpha value is -1.40. The Morgan fingerprint density at radius 1 is 1.20 bits per heavy atom. The number of alkyl halides is 3. The first-order valence-electron chi connectivity index (χ1n) is 5.56. The van der Waals surface area contributed by atoms with Gasteiger partial charge in [-0.15, -0.1) is 11.8 Å². The Balaban J connectivity index is 2.04. The number of anilines is 1. The van der Waals surface area contributed by atoms with E-state index >= 15 is 0 Å². The largest absolute Gasteiger partial charge is 0.417 e. The van der Waals surface area contributed by atoms with E-state index < -0.39 is 11.7 Å². The van der Waals surface area contributed by atoms with E-state index in [1.165, 1.54) is 17.8 Å². The third kappa shape index (κ3) is 3.80. The zero-order chi connectivity index (χ0) is 14.8. The maximum Gasteiger partial charge on any atom is 0.417 e. The highest BCUT2D eigenvalue weighted by Crippen LogP contribution is 2.31. The number of hydrogen-bond acceptors (Lipinski definition) is 3. The summed E-state index contributed by atoms with van der Waals surface area (Å²) in [4.78, 5) is 3.78. The molecule has 2 N–H and O–H groups in total. The van der Waals surface area contributed by atoms with Gasteiger partial charge in [0.05, 0.1) is 10.6 Å². The average molecular weight is 319 g/mol. The second-order valence-corrected chi connectivity index (χ2v) is 5.43. The molecule has 0 saturated heterocycles. The van der Waals surface area contributed by atoms with Gasteiger partial charge in [-0.25, -0.2) is 4.98 Å². The van der Waals surface area contributed by atoms with Crippen molar-refractivity contribution in [2.75, 3.05) is 5.73 Å². The standard InChI is InChI=1S/C13H10ClF3N2S/c14-11-5-10(18)3-1-8(11)7-20-12-4-2-9(6-19-12)13(15,16)17/h1-6H,7,18H2. The number of aromatic nitrogens is 1. The first kappa shape index (κ1) is 15.0. The van der Waals surface area contributed by atoms with Crippen LogP contribution in [0.2, 0.25) is 5.02 Å². The Morgan fingerprint density at radius 2 is 1.95 bits per heavy atom. The molecule has 106 valence electrons. The zero-order valence-electron chi connectivity index (χ0n) is 10.1. The number of halogens is 4.